The van der Waals surface area contributed by atoms with Crippen LogP contribution < -0.4 is 5.32 Å². The molecule has 1 fully saturated rings. The Bertz CT molecular complexity index is 915. The van der Waals surface area contributed by atoms with Crippen molar-refractivity contribution in [3.8, 4) is 0 Å². The molecule has 6 nitrogen and oxygen atoms in total. The molecule has 0 spiro atoms. The molecule has 0 aliphatic carbocycles. The molecule has 144 valence electrons. The van der Waals surface area contributed by atoms with Crippen LogP contribution in [0.25, 0.3) is 0 Å². The lowest BCUT2D eigenvalue weighted by Crippen LogP contribution is -2.32. The van der Waals surface area contributed by atoms with Crippen molar-refractivity contribution in [3.05, 3.63) is 84.2 Å². The average Bonchev–Trinajstić information content (AvgIpc) is 3.31. The molecule has 4 rings (SSSR count). The van der Waals surface area contributed by atoms with Gasteiger partial charge in [0.1, 0.15) is 0 Å². The summed E-state index contributed by atoms with van der Waals surface area (Å²) >= 11 is 5.64. The zero-order chi connectivity index (χ0) is 19.3. The van der Waals surface area contributed by atoms with E-state index >= 15 is 0 Å². The van der Waals surface area contributed by atoms with Crippen LogP contribution in [0.4, 0.5) is 0 Å². The van der Waals surface area contributed by atoms with Gasteiger partial charge in [0, 0.05) is 50.2 Å². The van der Waals surface area contributed by atoms with Gasteiger partial charge in [-0.2, -0.15) is 0 Å². The number of nitrogens with zero attached hydrogens (tertiary/aromatic N) is 4. The third-order valence-corrected chi connectivity index (χ3v) is 5.35. The van der Waals surface area contributed by atoms with Crippen LogP contribution in [0.1, 0.15) is 35.5 Å². The molecule has 0 unspecified atom stereocenters. The highest BCUT2D eigenvalue weighted by atomic mass is 32.1. The summed E-state index contributed by atoms with van der Waals surface area (Å²) in [7, 11) is 0. The van der Waals surface area contributed by atoms with E-state index in [-0.39, 0.29) is 18.7 Å². The predicted molar refractivity (Wildman–Crippen MR) is 112 cm³/mol. The van der Waals surface area contributed by atoms with Gasteiger partial charge in [-0.3, -0.25) is 9.97 Å². The van der Waals surface area contributed by atoms with E-state index in [9.17, 15) is 5.11 Å². The number of hydrogen-bond acceptors (Lipinski definition) is 4. The first-order chi connectivity index (χ1) is 13.8. The lowest BCUT2D eigenvalue weighted by atomic mass is 10.0. The number of hydrogen-bond donors (Lipinski definition) is 2. The molecule has 0 radical (unpaired) electrons. The molecule has 1 aliphatic heterocycles. The van der Waals surface area contributed by atoms with E-state index in [2.05, 4.69) is 49.1 Å². The number of nitrogens with one attached hydrogen (secondary N) is 1. The molecule has 3 aromatic rings. The van der Waals surface area contributed by atoms with E-state index in [1.54, 1.807) is 6.20 Å². The molecule has 7 heteroatoms. The fourth-order valence-corrected chi connectivity index (χ4v) is 4.07. The molecule has 4 heterocycles. The maximum atomic E-state index is 9.35. The fraction of sp³-hybridized carbons (Fsp3) is 0.286. The molecule has 1 saturated heterocycles. The van der Waals surface area contributed by atoms with Crippen molar-refractivity contribution in [1.29, 1.82) is 0 Å². The van der Waals surface area contributed by atoms with Crippen LogP contribution in [0.15, 0.2) is 67.3 Å². The highest BCUT2D eigenvalue weighted by Crippen LogP contribution is 2.38. The molecular formula is C21H23N5OS. The summed E-state index contributed by atoms with van der Waals surface area (Å²) in [6.07, 6.45) is 8.23. The Balaban J connectivity index is 1.70. The van der Waals surface area contributed by atoms with Crippen LogP contribution >= 0.6 is 12.2 Å². The summed E-state index contributed by atoms with van der Waals surface area (Å²) in [5.41, 5.74) is 3.25. The van der Waals surface area contributed by atoms with Crippen molar-refractivity contribution in [2.24, 2.45) is 0 Å². The average molecular weight is 394 g/mol. The molecular weight excluding hydrogens is 370 g/mol. The molecule has 0 saturated carbocycles. The summed E-state index contributed by atoms with van der Waals surface area (Å²) in [5, 5.41) is 13.5. The van der Waals surface area contributed by atoms with E-state index in [0.717, 1.165) is 23.5 Å². The first kappa shape index (κ1) is 18.6. The third-order valence-electron chi connectivity index (χ3n) is 5.00. The zero-order valence-electron chi connectivity index (χ0n) is 15.5. The molecule has 2 atom stereocenters. The van der Waals surface area contributed by atoms with Crippen molar-refractivity contribution < 1.29 is 5.11 Å². The highest BCUT2D eigenvalue weighted by molar-refractivity contribution is 7.80. The molecule has 28 heavy (non-hydrogen) atoms. The molecule has 0 amide bonds. The second-order valence-corrected chi connectivity index (χ2v) is 7.21. The Morgan fingerprint density at radius 3 is 2.79 bits per heavy atom. The number of aromatic nitrogens is 3. The van der Waals surface area contributed by atoms with Crippen LogP contribution in [0.5, 0.6) is 0 Å². The Kier molecular flexibility index (Phi) is 5.64. The fourth-order valence-electron chi connectivity index (χ4n) is 3.74. The zero-order valence-corrected chi connectivity index (χ0v) is 16.3. The number of thiocarbonyl (C=S) groups is 1. The van der Waals surface area contributed by atoms with Crippen LogP contribution in [0.3, 0.4) is 0 Å². The van der Waals surface area contributed by atoms with Crippen LogP contribution in [0, 0.1) is 0 Å². The smallest absolute Gasteiger partial charge is 0.170 e. The SMILES string of the molecule is OCCCN1C(=S)N[C@@H](c2ccccn2)[C@@H]1c1cccn1Cc1cccnc1. The highest BCUT2D eigenvalue weighted by Gasteiger charge is 2.40. The van der Waals surface area contributed by atoms with E-state index in [4.69, 9.17) is 12.2 Å². The van der Waals surface area contributed by atoms with Gasteiger partial charge >= 0.3 is 0 Å². The topological polar surface area (TPSA) is 66.2 Å². The summed E-state index contributed by atoms with van der Waals surface area (Å²) in [5.74, 6) is 0. The molecule has 0 aromatic carbocycles. The standard InChI is InChI=1S/C21H23N5OS/c27-13-5-12-26-20(19(24-21(26)28)17-7-1-2-10-23-17)18-8-4-11-25(18)15-16-6-3-9-22-14-16/h1-4,6-11,14,19-20,27H,5,12-13,15H2,(H,24,28)/t19-,20-/m0/s1. The summed E-state index contributed by atoms with van der Waals surface area (Å²) in [6.45, 7) is 1.56. The second-order valence-electron chi connectivity index (χ2n) is 6.82. The molecule has 1 aliphatic rings. The van der Waals surface area contributed by atoms with E-state index in [1.165, 1.54) is 0 Å². The first-order valence-electron chi connectivity index (χ1n) is 9.41. The van der Waals surface area contributed by atoms with Gasteiger partial charge in [0.25, 0.3) is 0 Å². The lowest BCUT2D eigenvalue weighted by molar-refractivity contribution is 0.243. The minimum absolute atomic E-state index is 0.000575. The van der Waals surface area contributed by atoms with E-state index in [1.807, 2.05) is 36.7 Å². The quantitative estimate of drug-likeness (QED) is 0.602. The van der Waals surface area contributed by atoms with Gasteiger partial charge in [0.15, 0.2) is 5.11 Å². The van der Waals surface area contributed by atoms with Crippen molar-refractivity contribution in [2.75, 3.05) is 13.2 Å². The van der Waals surface area contributed by atoms with Crippen molar-refractivity contribution >= 4 is 17.3 Å². The second kappa shape index (κ2) is 8.50. The summed E-state index contributed by atoms with van der Waals surface area (Å²) < 4.78 is 2.24. The van der Waals surface area contributed by atoms with Crippen molar-refractivity contribution in [2.45, 2.75) is 25.0 Å². The Hall–Kier alpha value is -2.77. The number of rotatable bonds is 7. The van der Waals surface area contributed by atoms with Gasteiger partial charge in [-0.25, -0.2) is 0 Å². The Morgan fingerprint density at radius 1 is 1.11 bits per heavy atom. The van der Waals surface area contributed by atoms with Gasteiger partial charge in [0.05, 0.1) is 17.8 Å². The molecule has 2 N–H and O–H groups in total. The van der Waals surface area contributed by atoms with Crippen LogP contribution in [-0.2, 0) is 6.54 Å². The maximum absolute atomic E-state index is 9.35. The monoisotopic (exact) mass is 393 g/mol. The number of pyridine rings is 2. The minimum Gasteiger partial charge on any atom is -0.396 e. The number of aliphatic hydroxyl groups is 1. The Labute approximate surface area is 169 Å². The predicted octanol–water partition coefficient (Wildman–Crippen LogP) is 2.68. The minimum atomic E-state index is -0.0464. The summed E-state index contributed by atoms with van der Waals surface area (Å²) in [4.78, 5) is 11.0. The van der Waals surface area contributed by atoms with Gasteiger partial charge in [-0.05, 0) is 54.5 Å². The van der Waals surface area contributed by atoms with Crippen molar-refractivity contribution in [1.82, 2.24) is 24.8 Å². The van der Waals surface area contributed by atoms with Gasteiger partial charge in [0.2, 0.25) is 0 Å². The number of aliphatic hydroxyl groups excluding tert-OH is 1. The first-order valence-corrected chi connectivity index (χ1v) is 9.81. The maximum Gasteiger partial charge on any atom is 0.170 e. The summed E-state index contributed by atoms with van der Waals surface area (Å²) in [6, 6.07) is 14.1. The van der Waals surface area contributed by atoms with Gasteiger partial charge in [-0.15, -0.1) is 0 Å². The van der Waals surface area contributed by atoms with Crippen molar-refractivity contribution in [3.63, 3.8) is 0 Å². The lowest BCUT2D eigenvalue weighted by Gasteiger charge is -2.28. The van der Waals surface area contributed by atoms with E-state index in [0.29, 0.717) is 18.1 Å². The van der Waals surface area contributed by atoms with Crippen LogP contribution in [0.2, 0.25) is 0 Å². The normalized spacial score (nSPS) is 19.0. The van der Waals surface area contributed by atoms with Crippen LogP contribution in [-0.4, -0.2) is 42.8 Å². The van der Waals surface area contributed by atoms with Gasteiger partial charge in [-0.1, -0.05) is 12.1 Å². The third kappa shape index (κ3) is 3.76. The van der Waals surface area contributed by atoms with Gasteiger partial charge < -0.3 is 19.9 Å². The largest absolute Gasteiger partial charge is 0.396 e. The molecule has 3 aromatic heterocycles. The Morgan fingerprint density at radius 2 is 2.04 bits per heavy atom. The molecule has 0 bridgehead atoms. The van der Waals surface area contributed by atoms with E-state index < -0.39 is 0 Å².